The van der Waals surface area contributed by atoms with Crippen LogP contribution in [0.5, 0.6) is 0 Å². The highest BCUT2D eigenvalue weighted by Gasteiger charge is 2.15. The van der Waals surface area contributed by atoms with Gasteiger partial charge < -0.3 is 0 Å². The molecule has 4 nitrogen and oxygen atoms in total. The Morgan fingerprint density at radius 3 is 2.80 bits per heavy atom. The Bertz CT molecular complexity index is 401. The molecule has 0 amide bonds. The summed E-state index contributed by atoms with van der Waals surface area (Å²) in [7, 11) is 0. The molecule has 0 fully saturated rings. The van der Waals surface area contributed by atoms with Gasteiger partial charge in [0.25, 0.3) is 5.69 Å². The Balaban J connectivity index is 2.85. The Morgan fingerprint density at radius 1 is 1.53 bits per heavy atom. The number of alkyl halides is 1. The molecule has 0 aliphatic carbocycles. The topological polar surface area (TPSA) is 66.9 Å². The van der Waals surface area contributed by atoms with Crippen molar-refractivity contribution in [1.82, 2.24) is 0 Å². The molecule has 1 aromatic rings. The highest BCUT2D eigenvalue weighted by atomic mass is 35.5. The first-order valence-electron chi connectivity index (χ1n) is 4.38. The minimum absolute atomic E-state index is 0.0566. The quantitative estimate of drug-likeness (QED) is 0.449. The molecule has 0 bridgehead atoms. The number of halogens is 1. The number of rotatable bonds is 4. The molecule has 0 spiro atoms. The smallest absolute Gasteiger partial charge is 0.258 e. The summed E-state index contributed by atoms with van der Waals surface area (Å²) >= 11 is 5.85. The molecule has 0 aromatic heterocycles. The van der Waals surface area contributed by atoms with Crippen LogP contribution in [-0.2, 0) is 6.42 Å². The summed E-state index contributed by atoms with van der Waals surface area (Å²) in [6, 6.07) is 8.35. The van der Waals surface area contributed by atoms with Gasteiger partial charge in [0.15, 0.2) is 0 Å². The molecular weight excluding hydrogens is 216 g/mol. The lowest BCUT2D eigenvalue weighted by Crippen LogP contribution is -2.04. The monoisotopic (exact) mass is 224 g/mol. The van der Waals surface area contributed by atoms with Gasteiger partial charge in [-0.05, 0) is 6.42 Å². The van der Waals surface area contributed by atoms with Gasteiger partial charge in [0.1, 0.15) is 0 Å². The average molecular weight is 225 g/mol. The van der Waals surface area contributed by atoms with Gasteiger partial charge >= 0.3 is 0 Å². The van der Waals surface area contributed by atoms with Crippen LogP contribution < -0.4 is 0 Å². The van der Waals surface area contributed by atoms with E-state index in [9.17, 15) is 10.1 Å². The van der Waals surface area contributed by atoms with Crippen LogP contribution in [0.15, 0.2) is 24.3 Å². The fourth-order valence-corrected chi connectivity index (χ4v) is 1.51. The van der Waals surface area contributed by atoms with Crippen LogP contribution in [-0.4, -0.2) is 10.3 Å². The second kappa shape index (κ2) is 5.32. The van der Waals surface area contributed by atoms with E-state index in [-0.39, 0.29) is 17.5 Å². The fraction of sp³-hybridized carbons (Fsp3) is 0.300. The summed E-state index contributed by atoms with van der Waals surface area (Å²) < 4.78 is 0. The summed E-state index contributed by atoms with van der Waals surface area (Å²) in [5, 5.41) is 18.7. The lowest BCUT2D eigenvalue weighted by Gasteiger charge is -2.05. The Labute approximate surface area is 92.2 Å². The molecule has 15 heavy (non-hydrogen) atoms. The summed E-state index contributed by atoms with van der Waals surface area (Å²) in [4.78, 5) is 10.2. The first kappa shape index (κ1) is 11.5. The van der Waals surface area contributed by atoms with E-state index in [1.165, 1.54) is 6.07 Å². The molecule has 0 saturated carbocycles. The summed E-state index contributed by atoms with van der Waals surface area (Å²) in [5.74, 6) is 0. The van der Waals surface area contributed by atoms with Crippen molar-refractivity contribution in [1.29, 1.82) is 5.26 Å². The van der Waals surface area contributed by atoms with Crippen molar-refractivity contribution in [2.24, 2.45) is 0 Å². The van der Waals surface area contributed by atoms with E-state index in [2.05, 4.69) is 0 Å². The Morgan fingerprint density at radius 2 is 2.20 bits per heavy atom. The second-order valence-corrected chi connectivity index (χ2v) is 3.67. The predicted octanol–water partition coefficient (Wildman–Crippen LogP) is 2.66. The lowest BCUT2D eigenvalue weighted by atomic mass is 10.1. The Kier molecular flexibility index (Phi) is 4.07. The van der Waals surface area contributed by atoms with Gasteiger partial charge in [-0.25, -0.2) is 0 Å². The maximum absolute atomic E-state index is 10.7. The van der Waals surface area contributed by atoms with Crippen molar-refractivity contribution in [3.05, 3.63) is 39.9 Å². The van der Waals surface area contributed by atoms with E-state index in [0.29, 0.717) is 12.0 Å². The molecule has 1 rings (SSSR count). The maximum Gasteiger partial charge on any atom is 0.272 e. The van der Waals surface area contributed by atoms with Crippen molar-refractivity contribution in [3.63, 3.8) is 0 Å². The first-order chi connectivity index (χ1) is 7.15. The normalized spacial score (nSPS) is 11.7. The summed E-state index contributed by atoms with van der Waals surface area (Å²) in [5.41, 5.74) is 0.624. The van der Waals surface area contributed by atoms with Gasteiger partial charge in [0.2, 0.25) is 0 Å². The molecule has 0 aliphatic heterocycles. The van der Waals surface area contributed by atoms with Gasteiger partial charge in [-0.2, -0.15) is 5.26 Å². The number of nitrogens with zero attached hydrogens (tertiary/aromatic N) is 2. The minimum atomic E-state index is -0.439. The lowest BCUT2D eigenvalue weighted by molar-refractivity contribution is -0.385. The largest absolute Gasteiger partial charge is 0.272 e. The SMILES string of the molecule is N#CCC(Cl)Cc1ccccc1[N+](=O)[O-]. The highest BCUT2D eigenvalue weighted by Crippen LogP contribution is 2.21. The van der Waals surface area contributed by atoms with Crippen molar-refractivity contribution in [3.8, 4) is 6.07 Å². The first-order valence-corrected chi connectivity index (χ1v) is 4.82. The summed E-state index contributed by atoms with van der Waals surface area (Å²) in [6.07, 6.45) is 0.528. The van der Waals surface area contributed by atoms with Crippen LogP contribution in [0, 0.1) is 21.4 Å². The van der Waals surface area contributed by atoms with Crippen LogP contribution in [0.3, 0.4) is 0 Å². The van der Waals surface area contributed by atoms with Crippen molar-refractivity contribution in [2.75, 3.05) is 0 Å². The number of para-hydroxylation sites is 1. The summed E-state index contributed by atoms with van der Waals surface area (Å²) in [6.45, 7) is 0. The molecule has 1 aromatic carbocycles. The third kappa shape index (κ3) is 3.22. The zero-order valence-corrected chi connectivity index (χ0v) is 8.65. The third-order valence-corrected chi connectivity index (χ3v) is 2.25. The zero-order valence-electron chi connectivity index (χ0n) is 7.89. The van der Waals surface area contributed by atoms with E-state index in [0.717, 1.165) is 0 Å². The van der Waals surface area contributed by atoms with E-state index < -0.39 is 4.92 Å². The van der Waals surface area contributed by atoms with Crippen LogP contribution >= 0.6 is 11.6 Å². The molecule has 0 heterocycles. The van der Waals surface area contributed by atoms with E-state index in [1.807, 2.05) is 6.07 Å². The van der Waals surface area contributed by atoms with Crippen LogP contribution in [0.1, 0.15) is 12.0 Å². The average Bonchev–Trinajstić information content (AvgIpc) is 2.18. The van der Waals surface area contributed by atoms with Crippen molar-refractivity contribution < 1.29 is 4.92 Å². The molecule has 0 radical (unpaired) electrons. The number of nitro groups is 1. The molecule has 5 heteroatoms. The van der Waals surface area contributed by atoms with Gasteiger partial charge in [0.05, 0.1) is 22.8 Å². The molecule has 0 saturated heterocycles. The molecule has 78 valence electrons. The minimum Gasteiger partial charge on any atom is -0.258 e. The molecule has 1 atom stereocenters. The molecule has 0 aliphatic rings. The van der Waals surface area contributed by atoms with E-state index in [1.54, 1.807) is 18.2 Å². The molecular formula is C10H9ClN2O2. The Hall–Kier alpha value is -1.60. The maximum atomic E-state index is 10.7. The van der Waals surface area contributed by atoms with Gasteiger partial charge in [-0.1, -0.05) is 18.2 Å². The second-order valence-electron chi connectivity index (χ2n) is 3.05. The molecule has 0 N–H and O–H groups in total. The molecule has 1 unspecified atom stereocenters. The van der Waals surface area contributed by atoms with Crippen LogP contribution in [0.25, 0.3) is 0 Å². The van der Waals surface area contributed by atoms with E-state index >= 15 is 0 Å². The van der Waals surface area contributed by atoms with E-state index in [4.69, 9.17) is 16.9 Å². The standard InChI is InChI=1S/C10H9ClN2O2/c11-9(5-6-12)7-8-3-1-2-4-10(8)13(14)15/h1-4,9H,5,7H2. The zero-order chi connectivity index (χ0) is 11.3. The van der Waals surface area contributed by atoms with Crippen molar-refractivity contribution in [2.45, 2.75) is 18.2 Å². The number of nitriles is 1. The van der Waals surface area contributed by atoms with Crippen LogP contribution in [0.4, 0.5) is 5.69 Å². The predicted molar refractivity (Wildman–Crippen MR) is 56.7 cm³/mol. The fourth-order valence-electron chi connectivity index (χ4n) is 1.27. The number of hydrogen-bond acceptors (Lipinski definition) is 3. The van der Waals surface area contributed by atoms with Crippen molar-refractivity contribution >= 4 is 17.3 Å². The van der Waals surface area contributed by atoms with Gasteiger partial charge in [-0.3, -0.25) is 10.1 Å². The van der Waals surface area contributed by atoms with Crippen LogP contribution in [0.2, 0.25) is 0 Å². The number of benzene rings is 1. The highest BCUT2D eigenvalue weighted by molar-refractivity contribution is 6.20. The number of nitro benzene ring substituents is 1. The number of hydrogen-bond donors (Lipinski definition) is 0. The third-order valence-electron chi connectivity index (χ3n) is 1.94. The van der Waals surface area contributed by atoms with Gasteiger partial charge in [0, 0.05) is 11.6 Å². The van der Waals surface area contributed by atoms with Gasteiger partial charge in [-0.15, -0.1) is 11.6 Å².